The number of rotatable bonds is 3. The quantitative estimate of drug-likeness (QED) is 0.766. The third-order valence-corrected chi connectivity index (χ3v) is 7.79. The average molecular weight is 403 g/mol. The van der Waals surface area contributed by atoms with Gasteiger partial charge in [0.1, 0.15) is 0 Å². The van der Waals surface area contributed by atoms with Crippen LogP contribution in [0.25, 0.3) is 0 Å². The van der Waals surface area contributed by atoms with Crippen molar-refractivity contribution in [1.29, 1.82) is 0 Å². The van der Waals surface area contributed by atoms with E-state index in [9.17, 15) is 0 Å². The van der Waals surface area contributed by atoms with Crippen molar-refractivity contribution in [3.8, 4) is 0 Å². The number of hydrogen-bond donors (Lipinski definition) is 1. The van der Waals surface area contributed by atoms with Crippen LogP contribution in [-0.4, -0.2) is 34.8 Å². The van der Waals surface area contributed by atoms with Crippen LogP contribution in [0.3, 0.4) is 0 Å². The third kappa shape index (κ3) is 7.03. The molecule has 0 saturated carbocycles. The van der Waals surface area contributed by atoms with Gasteiger partial charge >= 0.3 is 71.0 Å². The van der Waals surface area contributed by atoms with Gasteiger partial charge in [-0.2, -0.15) is 0 Å². The van der Waals surface area contributed by atoms with Crippen molar-refractivity contribution in [2.45, 2.75) is 30.0 Å². The number of nitrogens with one attached hydrogen (secondary N) is 1. The summed E-state index contributed by atoms with van der Waals surface area (Å²) >= 11 is -1.14. The minimum atomic E-state index is -1.14. The van der Waals surface area contributed by atoms with Gasteiger partial charge in [0.15, 0.2) is 0 Å². The van der Waals surface area contributed by atoms with E-state index in [0.29, 0.717) is 0 Å². The van der Waals surface area contributed by atoms with Gasteiger partial charge in [0.2, 0.25) is 0 Å². The van der Waals surface area contributed by atoms with Crippen LogP contribution < -0.4 is 8.59 Å². The average Bonchev–Trinajstić information content (AvgIpc) is 2.20. The summed E-state index contributed by atoms with van der Waals surface area (Å²) in [6.45, 7) is 8.60. The first-order chi connectivity index (χ1) is 7.13. The summed E-state index contributed by atoms with van der Waals surface area (Å²) in [4.78, 5) is 0. The first-order valence-corrected chi connectivity index (χ1v) is 14.3. The molecule has 1 aromatic carbocycles. The predicted molar refractivity (Wildman–Crippen MR) is 72.5 cm³/mol. The van der Waals surface area contributed by atoms with Gasteiger partial charge in [0.25, 0.3) is 0 Å². The van der Waals surface area contributed by atoms with E-state index in [1.165, 1.54) is 5.56 Å². The second-order valence-corrected chi connectivity index (χ2v) is 12.5. The molecule has 0 aliphatic rings. The molecule has 86 valence electrons. The van der Waals surface area contributed by atoms with Crippen LogP contribution in [0.2, 0.25) is 9.26 Å². The van der Waals surface area contributed by atoms with E-state index in [-0.39, 0.29) is 0 Å². The molecular weight excluding hydrogens is 379 g/mol. The Bertz CT molecular complexity index is 256. The molecule has 0 saturated heterocycles. The predicted octanol–water partition coefficient (Wildman–Crippen LogP) is 2.57. The van der Waals surface area contributed by atoms with Crippen molar-refractivity contribution in [3.63, 3.8) is 0 Å². The molecular formula is C13H24BiN. The summed E-state index contributed by atoms with van der Waals surface area (Å²) < 4.78 is 6.52. The van der Waals surface area contributed by atoms with E-state index in [1.54, 1.807) is 3.27 Å². The molecule has 2 heteroatoms. The zero-order chi connectivity index (χ0) is 11.7. The molecule has 1 rings (SSSR count). The Morgan fingerprint density at radius 1 is 1.07 bits per heavy atom. The second-order valence-electron chi connectivity index (χ2n) is 3.64. The van der Waals surface area contributed by atoms with Crippen molar-refractivity contribution < 1.29 is 0 Å². The summed E-state index contributed by atoms with van der Waals surface area (Å²) in [6, 6.07) is 8.77. The van der Waals surface area contributed by atoms with Gasteiger partial charge in [-0.05, 0) is 13.1 Å². The second kappa shape index (κ2) is 9.30. The first-order valence-electron chi connectivity index (χ1n) is 5.57. The molecule has 1 aromatic rings. The molecule has 15 heavy (non-hydrogen) atoms. The molecule has 0 heterocycles. The fourth-order valence-corrected chi connectivity index (χ4v) is 5.84. The van der Waals surface area contributed by atoms with Gasteiger partial charge in [-0.15, -0.1) is 0 Å². The monoisotopic (exact) mass is 403 g/mol. The van der Waals surface area contributed by atoms with Gasteiger partial charge in [0, 0.05) is 0 Å². The van der Waals surface area contributed by atoms with E-state index in [0.717, 1.165) is 13.1 Å². The van der Waals surface area contributed by atoms with E-state index in [4.69, 9.17) is 0 Å². The van der Waals surface area contributed by atoms with Crippen LogP contribution in [-0.2, 0) is 0 Å². The summed E-state index contributed by atoms with van der Waals surface area (Å²) in [7, 11) is 0. The zero-order valence-electron chi connectivity index (χ0n) is 10.7. The van der Waals surface area contributed by atoms with Crippen molar-refractivity contribution in [2.75, 3.05) is 13.1 Å². The number of benzene rings is 1. The van der Waals surface area contributed by atoms with Crippen LogP contribution in [0.15, 0.2) is 24.3 Å². The van der Waals surface area contributed by atoms with Crippen molar-refractivity contribution in [2.24, 2.45) is 0 Å². The van der Waals surface area contributed by atoms with Crippen LogP contribution in [0, 0.1) is 6.92 Å². The molecule has 0 spiro atoms. The Balaban J connectivity index is 0.000000336. The van der Waals surface area contributed by atoms with Crippen molar-refractivity contribution >= 4 is 25.0 Å². The van der Waals surface area contributed by atoms with E-state index < -0.39 is 21.8 Å². The molecule has 0 amide bonds. The van der Waals surface area contributed by atoms with Crippen molar-refractivity contribution in [1.82, 2.24) is 5.32 Å². The Morgan fingerprint density at radius 2 is 1.60 bits per heavy atom. The summed E-state index contributed by atoms with van der Waals surface area (Å²) in [6.07, 6.45) is 0. The number of aryl methyl sites for hydroxylation is 1. The molecule has 0 atom stereocenters. The molecule has 0 radical (unpaired) electrons. The Hall–Kier alpha value is 0.0631. The molecule has 1 N–H and O–H groups in total. The van der Waals surface area contributed by atoms with Crippen LogP contribution in [0.4, 0.5) is 0 Å². The molecule has 0 fully saturated rings. The van der Waals surface area contributed by atoms with Crippen LogP contribution in [0.5, 0.6) is 0 Å². The normalized spacial score (nSPS) is 9.73. The van der Waals surface area contributed by atoms with Gasteiger partial charge in [-0.1, -0.05) is 13.8 Å². The molecule has 1 nitrogen and oxygen atoms in total. The van der Waals surface area contributed by atoms with E-state index in [2.05, 4.69) is 59.6 Å². The van der Waals surface area contributed by atoms with E-state index >= 15 is 0 Å². The SMILES string of the molecule is CCNCC.Cc1cccc[c]1[Bi]([CH3])[CH3]. The molecule has 0 unspecified atom stereocenters. The Morgan fingerprint density at radius 3 is 1.87 bits per heavy atom. The molecule has 0 bridgehead atoms. The first kappa shape index (κ1) is 15.1. The molecule has 0 aliphatic carbocycles. The molecule has 0 aliphatic heterocycles. The topological polar surface area (TPSA) is 12.0 Å². The maximum absolute atomic E-state index is 3.11. The number of hydrogen-bond acceptors (Lipinski definition) is 1. The van der Waals surface area contributed by atoms with Gasteiger partial charge in [0.05, 0.1) is 0 Å². The van der Waals surface area contributed by atoms with Crippen LogP contribution >= 0.6 is 0 Å². The van der Waals surface area contributed by atoms with Crippen LogP contribution in [0.1, 0.15) is 19.4 Å². The Kier molecular flexibility index (Phi) is 9.34. The van der Waals surface area contributed by atoms with E-state index in [1.807, 2.05) is 0 Å². The summed E-state index contributed by atoms with van der Waals surface area (Å²) in [5.41, 5.74) is 1.49. The van der Waals surface area contributed by atoms with Gasteiger partial charge in [-0.25, -0.2) is 0 Å². The summed E-state index contributed by atoms with van der Waals surface area (Å²) in [5.74, 6) is 0. The maximum atomic E-state index is 3.11. The fraction of sp³-hybridized carbons (Fsp3) is 0.538. The van der Waals surface area contributed by atoms with Crippen molar-refractivity contribution in [3.05, 3.63) is 29.8 Å². The summed E-state index contributed by atoms with van der Waals surface area (Å²) in [5, 5.41) is 3.11. The van der Waals surface area contributed by atoms with Gasteiger partial charge < -0.3 is 5.32 Å². The fourth-order valence-electron chi connectivity index (χ4n) is 1.32. The standard InChI is InChI=1S/C7H7.C4H11N.2CH3.Bi/c1-7-5-3-2-4-6-7;1-3-5-4-2;;;/h2-5H,1H3;5H,3-4H2,1-2H3;2*1H3;. The molecule has 0 aromatic heterocycles. The third-order valence-electron chi connectivity index (χ3n) is 2.10. The van der Waals surface area contributed by atoms with Gasteiger partial charge in [-0.3, -0.25) is 0 Å². The zero-order valence-corrected chi connectivity index (χ0v) is 14.1. The minimum absolute atomic E-state index is 1.09. The Labute approximate surface area is 103 Å².